The summed E-state index contributed by atoms with van der Waals surface area (Å²) in [5.74, 6) is 0.303. The van der Waals surface area contributed by atoms with Gasteiger partial charge in [0.2, 0.25) is 0 Å². The largest absolute Gasteiger partial charge is 0.371 e. The van der Waals surface area contributed by atoms with Gasteiger partial charge in [0.1, 0.15) is 5.82 Å². The van der Waals surface area contributed by atoms with E-state index in [2.05, 4.69) is 20.2 Å². The summed E-state index contributed by atoms with van der Waals surface area (Å²) in [4.78, 5) is 11.1. The average molecular weight is 434 g/mol. The lowest BCUT2D eigenvalue weighted by Gasteiger charge is -2.15. The average Bonchev–Trinajstić information content (AvgIpc) is 3.22. The van der Waals surface area contributed by atoms with Crippen LogP contribution in [-0.4, -0.2) is 51.6 Å². The van der Waals surface area contributed by atoms with Crippen LogP contribution in [0.15, 0.2) is 61.1 Å². The van der Waals surface area contributed by atoms with Crippen molar-refractivity contribution < 1.29 is 9.50 Å². The molecular weight excluding hydrogens is 405 g/mol. The predicted molar refractivity (Wildman–Crippen MR) is 125 cm³/mol. The van der Waals surface area contributed by atoms with Crippen molar-refractivity contribution >= 4 is 5.52 Å². The van der Waals surface area contributed by atoms with Gasteiger partial charge in [-0.3, -0.25) is 14.7 Å². The van der Waals surface area contributed by atoms with Crippen molar-refractivity contribution in [2.45, 2.75) is 19.6 Å². The molecule has 0 saturated carbocycles. The first-order valence-electron chi connectivity index (χ1n) is 10.7. The lowest BCUT2D eigenvalue weighted by molar-refractivity contribution is 0.128. The Balaban J connectivity index is 1.66. The van der Waals surface area contributed by atoms with Gasteiger partial charge in [0, 0.05) is 29.1 Å². The highest BCUT2D eigenvalue weighted by atomic mass is 19.1. The van der Waals surface area contributed by atoms with Crippen molar-refractivity contribution in [2.24, 2.45) is 0 Å². The molecule has 7 heteroatoms. The van der Waals surface area contributed by atoms with E-state index in [0.717, 1.165) is 40.9 Å². The molecule has 0 aliphatic rings. The Labute approximate surface area is 187 Å². The Kier molecular flexibility index (Phi) is 6.60. The van der Waals surface area contributed by atoms with Gasteiger partial charge in [0.05, 0.1) is 17.4 Å². The number of aryl methyl sites for hydroxylation is 1. The Bertz CT molecular complexity index is 1220. The van der Waals surface area contributed by atoms with Crippen molar-refractivity contribution in [1.82, 2.24) is 24.6 Å². The van der Waals surface area contributed by atoms with Crippen molar-refractivity contribution in [3.8, 4) is 22.4 Å². The number of hydrogen-bond acceptors (Lipinski definition) is 5. The molecule has 1 aromatic carbocycles. The van der Waals surface area contributed by atoms with E-state index in [0.29, 0.717) is 17.9 Å². The zero-order valence-corrected chi connectivity index (χ0v) is 18.6. The van der Waals surface area contributed by atoms with E-state index in [-0.39, 0.29) is 5.82 Å². The van der Waals surface area contributed by atoms with E-state index in [1.54, 1.807) is 25.4 Å². The number of halogens is 1. The Morgan fingerprint density at radius 3 is 2.72 bits per heavy atom. The molecule has 6 nitrogen and oxygen atoms in total. The predicted octanol–water partition coefficient (Wildman–Crippen LogP) is 4.04. The second kappa shape index (κ2) is 9.56. The maximum Gasteiger partial charge on any atom is 0.164 e. The first kappa shape index (κ1) is 22.1. The highest BCUT2D eigenvalue weighted by molar-refractivity contribution is 5.81. The minimum absolute atomic E-state index is 0.234. The number of fused-ring (bicyclic) bond motifs is 1. The van der Waals surface area contributed by atoms with Crippen LogP contribution in [0.1, 0.15) is 24.0 Å². The number of nitrogens with zero attached hydrogens (tertiary/aromatic N) is 4. The fourth-order valence-corrected chi connectivity index (χ4v) is 3.76. The summed E-state index contributed by atoms with van der Waals surface area (Å²) in [5, 5.41) is 13.8. The number of rotatable bonds is 8. The summed E-state index contributed by atoms with van der Waals surface area (Å²) < 4.78 is 15.7. The molecule has 0 aliphatic heterocycles. The van der Waals surface area contributed by atoms with Gasteiger partial charge in [0.25, 0.3) is 0 Å². The SMILES string of the molecule is Cc1cc(-c2ncccc2-c2ccc3cnc(C(O)NCCCN(C)C)n3c2)ccc1F. The molecule has 0 spiro atoms. The Hall–Kier alpha value is -3.13. The van der Waals surface area contributed by atoms with Gasteiger partial charge in [-0.05, 0) is 76.4 Å². The third-order valence-electron chi connectivity index (χ3n) is 5.47. The molecule has 0 amide bonds. The molecule has 0 aliphatic carbocycles. The van der Waals surface area contributed by atoms with Crippen molar-refractivity contribution in [3.63, 3.8) is 0 Å². The number of pyridine rings is 2. The van der Waals surface area contributed by atoms with E-state index in [9.17, 15) is 9.50 Å². The van der Waals surface area contributed by atoms with Crippen LogP contribution in [0.3, 0.4) is 0 Å². The molecule has 3 heterocycles. The summed E-state index contributed by atoms with van der Waals surface area (Å²) in [6, 6.07) is 12.9. The van der Waals surface area contributed by atoms with Crippen LogP contribution >= 0.6 is 0 Å². The normalized spacial score (nSPS) is 12.6. The number of aromatic nitrogens is 3. The molecule has 0 saturated heterocycles. The molecule has 4 rings (SSSR count). The van der Waals surface area contributed by atoms with E-state index < -0.39 is 6.23 Å². The lowest BCUT2D eigenvalue weighted by atomic mass is 9.99. The smallest absolute Gasteiger partial charge is 0.164 e. The summed E-state index contributed by atoms with van der Waals surface area (Å²) >= 11 is 0. The van der Waals surface area contributed by atoms with Crippen LogP contribution in [0.5, 0.6) is 0 Å². The maximum absolute atomic E-state index is 13.8. The number of aliphatic hydroxyl groups excluding tert-OH is 1. The van der Waals surface area contributed by atoms with Gasteiger partial charge in [-0.1, -0.05) is 12.1 Å². The number of nitrogens with one attached hydrogen (secondary N) is 1. The summed E-state index contributed by atoms with van der Waals surface area (Å²) in [5.41, 5.74) is 4.96. The monoisotopic (exact) mass is 433 g/mol. The standard InChI is InChI=1S/C25H28FN5O/c1-17-14-18(8-10-22(17)26)23-21(6-4-11-27-23)19-7-9-20-15-29-24(31(20)16-19)25(32)28-12-5-13-30(2)3/h4,6-11,14-16,25,28,32H,5,12-13H2,1-3H3. The Morgan fingerprint density at radius 1 is 1.12 bits per heavy atom. The van der Waals surface area contributed by atoms with Crippen LogP contribution in [0.4, 0.5) is 4.39 Å². The summed E-state index contributed by atoms with van der Waals surface area (Å²) in [7, 11) is 4.06. The Morgan fingerprint density at radius 2 is 1.94 bits per heavy atom. The maximum atomic E-state index is 13.8. The molecule has 1 atom stereocenters. The second-order valence-electron chi connectivity index (χ2n) is 8.21. The number of benzene rings is 1. The molecule has 32 heavy (non-hydrogen) atoms. The quantitative estimate of drug-likeness (QED) is 0.324. The van der Waals surface area contributed by atoms with Crippen LogP contribution in [-0.2, 0) is 0 Å². The molecule has 2 N–H and O–H groups in total. The molecular formula is C25H28FN5O. The van der Waals surface area contributed by atoms with Crippen LogP contribution in [0.2, 0.25) is 0 Å². The van der Waals surface area contributed by atoms with Crippen molar-refractivity contribution in [1.29, 1.82) is 0 Å². The fourth-order valence-electron chi connectivity index (χ4n) is 3.76. The summed E-state index contributed by atoms with van der Waals surface area (Å²) in [6.45, 7) is 3.38. The minimum atomic E-state index is -0.872. The molecule has 166 valence electrons. The number of imidazole rings is 1. The third kappa shape index (κ3) is 4.70. The fraction of sp³-hybridized carbons (Fsp3) is 0.280. The molecule has 1 unspecified atom stereocenters. The second-order valence-corrected chi connectivity index (χ2v) is 8.21. The highest BCUT2D eigenvalue weighted by Crippen LogP contribution is 2.31. The molecule has 0 bridgehead atoms. The van der Waals surface area contributed by atoms with Gasteiger partial charge >= 0.3 is 0 Å². The molecule has 3 aromatic heterocycles. The van der Waals surface area contributed by atoms with Gasteiger partial charge in [0.15, 0.2) is 12.1 Å². The van der Waals surface area contributed by atoms with E-state index in [1.807, 2.05) is 55.0 Å². The van der Waals surface area contributed by atoms with Gasteiger partial charge < -0.3 is 10.0 Å². The molecule has 0 radical (unpaired) electrons. The topological polar surface area (TPSA) is 65.7 Å². The highest BCUT2D eigenvalue weighted by Gasteiger charge is 2.16. The first-order valence-corrected chi connectivity index (χ1v) is 10.7. The molecule has 0 fully saturated rings. The number of aliphatic hydroxyl groups is 1. The van der Waals surface area contributed by atoms with Crippen molar-refractivity contribution in [3.05, 3.63) is 78.3 Å². The zero-order chi connectivity index (χ0) is 22.7. The van der Waals surface area contributed by atoms with Gasteiger partial charge in [-0.25, -0.2) is 9.37 Å². The third-order valence-corrected chi connectivity index (χ3v) is 5.47. The van der Waals surface area contributed by atoms with Gasteiger partial charge in [-0.2, -0.15) is 0 Å². The minimum Gasteiger partial charge on any atom is -0.371 e. The first-order chi connectivity index (χ1) is 15.4. The van der Waals surface area contributed by atoms with Crippen LogP contribution in [0.25, 0.3) is 27.9 Å². The lowest BCUT2D eigenvalue weighted by Crippen LogP contribution is -2.26. The van der Waals surface area contributed by atoms with Crippen LogP contribution < -0.4 is 5.32 Å². The van der Waals surface area contributed by atoms with Crippen LogP contribution in [0, 0.1) is 12.7 Å². The van der Waals surface area contributed by atoms with Crippen molar-refractivity contribution in [2.75, 3.05) is 27.2 Å². The van der Waals surface area contributed by atoms with Gasteiger partial charge in [-0.15, -0.1) is 0 Å². The van der Waals surface area contributed by atoms with E-state index in [1.165, 1.54) is 6.07 Å². The number of hydrogen-bond donors (Lipinski definition) is 2. The van der Waals surface area contributed by atoms with E-state index in [4.69, 9.17) is 0 Å². The summed E-state index contributed by atoms with van der Waals surface area (Å²) in [6.07, 6.45) is 5.49. The van der Waals surface area contributed by atoms with E-state index >= 15 is 0 Å². The molecule has 4 aromatic rings. The zero-order valence-electron chi connectivity index (χ0n) is 18.6.